The Morgan fingerprint density at radius 1 is 1.07 bits per heavy atom. The monoisotopic (exact) mass is 378 g/mol. The van der Waals surface area contributed by atoms with Crippen LogP contribution in [0.4, 0.5) is 0 Å². The normalized spacial score (nSPS) is 22.0. The molecule has 0 spiro atoms. The summed E-state index contributed by atoms with van der Waals surface area (Å²) < 4.78 is 0.992. The van der Waals surface area contributed by atoms with Gasteiger partial charge >= 0.3 is 0 Å². The molecule has 0 aliphatic carbocycles. The molecule has 0 radical (unpaired) electrons. The van der Waals surface area contributed by atoms with E-state index < -0.39 is 0 Å². The molecule has 4 heteroatoms. The Hall–Kier alpha value is -1.16. The van der Waals surface area contributed by atoms with Crippen LogP contribution in [0.1, 0.15) is 91.4 Å². The number of unbranched alkanes of at least 4 members (excludes halogenated alkanes) is 8. The van der Waals surface area contributed by atoms with E-state index in [1.54, 1.807) is 6.92 Å². The summed E-state index contributed by atoms with van der Waals surface area (Å²) >= 11 is 0. The Balaban J connectivity index is 2.13. The average Bonchev–Trinajstić information content (AvgIpc) is 3.05. The van der Waals surface area contributed by atoms with Crippen LogP contribution in [0.2, 0.25) is 0 Å². The molecular weight excluding hydrogens is 334 g/mol. The maximum absolute atomic E-state index is 11.1. The van der Waals surface area contributed by atoms with E-state index in [0.29, 0.717) is 6.17 Å². The largest absolute Gasteiger partial charge is 0.351 e. The van der Waals surface area contributed by atoms with Gasteiger partial charge in [-0.1, -0.05) is 64.0 Å². The van der Waals surface area contributed by atoms with Gasteiger partial charge in [0.2, 0.25) is 5.91 Å². The predicted octanol–water partition coefficient (Wildman–Crippen LogP) is 5.24. The third-order valence-corrected chi connectivity index (χ3v) is 5.90. The number of nitrogens with zero attached hydrogens (tertiary/aromatic N) is 2. The van der Waals surface area contributed by atoms with Crippen molar-refractivity contribution in [2.75, 3.05) is 26.2 Å². The van der Waals surface area contributed by atoms with Crippen molar-refractivity contribution >= 4 is 12.1 Å². The zero-order valence-corrected chi connectivity index (χ0v) is 18.2. The lowest BCUT2D eigenvalue weighted by Gasteiger charge is -2.38. The van der Waals surface area contributed by atoms with E-state index in [9.17, 15) is 4.79 Å². The Bertz CT molecular complexity index is 447. The first-order chi connectivity index (χ1) is 13.1. The number of likely N-dealkylation sites (N-methyl/N-ethyl adjacent to an activating group) is 1. The minimum atomic E-state index is 0.0600. The second-order valence-corrected chi connectivity index (χ2v) is 8.05. The van der Waals surface area contributed by atoms with Crippen molar-refractivity contribution in [3.63, 3.8) is 0 Å². The van der Waals surface area contributed by atoms with Gasteiger partial charge in [0, 0.05) is 13.3 Å². The molecule has 0 fully saturated rings. The molecule has 156 valence electrons. The second kappa shape index (κ2) is 14.8. The fraction of sp³-hybridized carbons (Fsp3) is 0.826. The quantitative estimate of drug-likeness (QED) is 0.223. The van der Waals surface area contributed by atoms with Gasteiger partial charge in [-0.05, 0) is 26.2 Å². The molecule has 1 aliphatic heterocycles. The van der Waals surface area contributed by atoms with Gasteiger partial charge < -0.3 is 5.32 Å². The minimum absolute atomic E-state index is 0.0600. The summed E-state index contributed by atoms with van der Waals surface area (Å²) in [6.45, 7) is 9.91. The highest BCUT2D eigenvalue weighted by Gasteiger charge is 2.37. The van der Waals surface area contributed by atoms with Crippen molar-refractivity contribution in [2.24, 2.45) is 4.99 Å². The van der Waals surface area contributed by atoms with Crippen LogP contribution in [0.15, 0.2) is 17.1 Å². The Kier molecular flexibility index (Phi) is 13.1. The minimum Gasteiger partial charge on any atom is -0.351 e. The van der Waals surface area contributed by atoms with Crippen LogP contribution in [-0.2, 0) is 4.79 Å². The smallest absolute Gasteiger partial charge is 0.217 e. The lowest BCUT2D eigenvalue weighted by Crippen LogP contribution is -2.55. The molecule has 1 N–H and O–H groups in total. The highest BCUT2D eigenvalue weighted by molar-refractivity contribution is 5.72. The van der Waals surface area contributed by atoms with Gasteiger partial charge in [-0.25, -0.2) is 4.99 Å². The topological polar surface area (TPSA) is 41.5 Å². The van der Waals surface area contributed by atoms with E-state index in [1.165, 1.54) is 57.8 Å². The number of hydrogen-bond donors (Lipinski definition) is 1. The van der Waals surface area contributed by atoms with Crippen molar-refractivity contribution in [3.8, 4) is 0 Å². The molecule has 0 aromatic carbocycles. The van der Waals surface area contributed by atoms with E-state index in [1.807, 2.05) is 0 Å². The number of carbonyl (C=O) groups excluding carboxylic acids is 1. The van der Waals surface area contributed by atoms with E-state index in [2.05, 4.69) is 37.5 Å². The first kappa shape index (κ1) is 23.9. The summed E-state index contributed by atoms with van der Waals surface area (Å²) in [5.74, 6) is 0.0600. The predicted molar refractivity (Wildman–Crippen MR) is 117 cm³/mol. The lowest BCUT2D eigenvalue weighted by atomic mass is 10.1. The number of allylic oxidation sites excluding steroid dienone is 2. The number of quaternary nitrogens is 1. The molecule has 0 saturated heterocycles. The van der Waals surface area contributed by atoms with E-state index in [-0.39, 0.29) is 5.91 Å². The number of amides is 1. The average molecular weight is 379 g/mol. The van der Waals surface area contributed by atoms with Gasteiger partial charge in [0.15, 0.2) is 6.17 Å². The number of carbonyl (C=O) groups is 1. The van der Waals surface area contributed by atoms with E-state index in [4.69, 9.17) is 4.99 Å². The van der Waals surface area contributed by atoms with Crippen molar-refractivity contribution < 1.29 is 9.28 Å². The number of aliphatic imine (C=N–C) groups is 1. The fourth-order valence-corrected chi connectivity index (χ4v) is 4.01. The summed E-state index contributed by atoms with van der Waals surface area (Å²) in [7, 11) is 0. The highest BCUT2D eigenvalue weighted by Crippen LogP contribution is 2.23. The zero-order valence-electron chi connectivity index (χ0n) is 18.2. The molecule has 2 unspecified atom stereocenters. The first-order valence-electron chi connectivity index (χ1n) is 11.4. The molecule has 1 rings (SSSR count). The molecule has 2 atom stereocenters. The SMILES string of the molecule is CCCCCCCCCC/C=C/CCC1N=CC[N+]1(CC)CCNC(C)=O. The van der Waals surface area contributed by atoms with E-state index >= 15 is 0 Å². The van der Waals surface area contributed by atoms with Crippen LogP contribution in [0, 0.1) is 0 Å². The first-order valence-corrected chi connectivity index (χ1v) is 11.4. The Morgan fingerprint density at radius 2 is 1.74 bits per heavy atom. The van der Waals surface area contributed by atoms with Crippen molar-refractivity contribution in [3.05, 3.63) is 12.2 Å². The molecule has 0 aromatic heterocycles. The van der Waals surface area contributed by atoms with Gasteiger partial charge in [-0.3, -0.25) is 9.28 Å². The molecule has 0 saturated carbocycles. The third kappa shape index (κ3) is 10.1. The van der Waals surface area contributed by atoms with Gasteiger partial charge in [-0.15, -0.1) is 0 Å². The van der Waals surface area contributed by atoms with E-state index in [0.717, 1.165) is 43.5 Å². The van der Waals surface area contributed by atoms with Gasteiger partial charge in [-0.2, -0.15) is 0 Å². The zero-order chi connectivity index (χ0) is 19.8. The highest BCUT2D eigenvalue weighted by atomic mass is 16.1. The van der Waals surface area contributed by atoms with Crippen LogP contribution in [0.5, 0.6) is 0 Å². The molecule has 0 aromatic rings. The maximum atomic E-state index is 11.1. The van der Waals surface area contributed by atoms with Gasteiger partial charge in [0.25, 0.3) is 0 Å². The molecule has 4 nitrogen and oxygen atoms in total. The lowest BCUT2D eigenvalue weighted by molar-refractivity contribution is -0.935. The Labute approximate surface area is 168 Å². The summed E-state index contributed by atoms with van der Waals surface area (Å²) in [5, 5.41) is 2.94. The molecular formula is C23H44N3O+. The standard InChI is InChI=1S/C23H43N3O/c1-4-6-7-8-9-10-11-12-13-14-15-16-17-23-25-19-21-26(23,5-2)20-18-24-22(3)27/h14-15,19,23H,4-13,16-18,20-21H2,1-3H3/p+1/b15-14+. The molecule has 27 heavy (non-hydrogen) atoms. The molecule has 1 amide bonds. The van der Waals surface area contributed by atoms with Gasteiger partial charge in [0.1, 0.15) is 6.54 Å². The molecule has 0 bridgehead atoms. The summed E-state index contributed by atoms with van der Waals surface area (Å²) in [6.07, 6.45) is 21.7. The summed E-state index contributed by atoms with van der Waals surface area (Å²) in [6, 6.07) is 0. The fourth-order valence-electron chi connectivity index (χ4n) is 4.01. The third-order valence-electron chi connectivity index (χ3n) is 5.90. The van der Waals surface area contributed by atoms with Crippen molar-refractivity contribution in [2.45, 2.75) is 97.6 Å². The van der Waals surface area contributed by atoms with Crippen LogP contribution in [0.25, 0.3) is 0 Å². The van der Waals surface area contributed by atoms with Crippen LogP contribution >= 0.6 is 0 Å². The maximum Gasteiger partial charge on any atom is 0.217 e. The number of hydrogen-bond acceptors (Lipinski definition) is 2. The molecule has 1 heterocycles. The molecule has 1 aliphatic rings. The summed E-state index contributed by atoms with van der Waals surface area (Å²) in [4.78, 5) is 15.9. The van der Waals surface area contributed by atoms with Crippen LogP contribution in [0.3, 0.4) is 0 Å². The van der Waals surface area contributed by atoms with Crippen molar-refractivity contribution in [1.29, 1.82) is 0 Å². The van der Waals surface area contributed by atoms with Gasteiger partial charge in [0.05, 0.1) is 25.8 Å². The summed E-state index contributed by atoms with van der Waals surface area (Å²) in [5.41, 5.74) is 0. The van der Waals surface area contributed by atoms with Crippen LogP contribution in [-0.4, -0.2) is 48.9 Å². The number of nitrogens with one attached hydrogen (secondary N) is 1. The number of rotatable bonds is 16. The Morgan fingerprint density at radius 3 is 2.41 bits per heavy atom. The van der Waals surface area contributed by atoms with Crippen LogP contribution < -0.4 is 5.32 Å². The second-order valence-electron chi connectivity index (χ2n) is 8.05. The van der Waals surface area contributed by atoms with Crippen molar-refractivity contribution in [1.82, 2.24) is 5.32 Å².